The van der Waals surface area contributed by atoms with Gasteiger partial charge >= 0.3 is 0 Å². The van der Waals surface area contributed by atoms with E-state index < -0.39 is 0 Å². The van der Waals surface area contributed by atoms with Gasteiger partial charge in [0.2, 0.25) is 0 Å². The van der Waals surface area contributed by atoms with Crippen molar-refractivity contribution < 1.29 is 9.59 Å². The normalized spacial score (nSPS) is 22.2. The van der Waals surface area contributed by atoms with Crippen LogP contribution in [0, 0.1) is 12.8 Å². The topological polar surface area (TPSA) is 66.4 Å². The molecule has 0 saturated carbocycles. The Balaban J connectivity index is 1.54. The summed E-state index contributed by atoms with van der Waals surface area (Å²) in [7, 11) is 0. The van der Waals surface area contributed by atoms with Gasteiger partial charge in [-0.15, -0.1) is 0 Å². The van der Waals surface area contributed by atoms with Crippen LogP contribution in [0.4, 0.5) is 0 Å². The number of fused-ring (bicyclic) bond motifs is 4. The molecule has 3 saturated heterocycles. The quantitative estimate of drug-likeness (QED) is 0.832. The summed E-state index contributed by atoms with van der Waals surface area (Å²) in [4.78, 5) is 37.9. The first-order valence-electron chi connectivity index (χ1n) is 9.05. The van der Waals surface area contributed by atoms with Crippen molar-refractivity contribution in [2.75, 3.05) is 19.6 Å². The van der Waals surface area contributed by atoms with Crippen LogP contribution in [0.15, 0.2) is 42.9 Å². The summed E-state index contributed by atoms with van der Waals surface area (Å²) in [5.41, 5.74) is 2.17. The van der Waals surface area contributed by atoms with Gasteiger partial charge in [-0.25, -0.2) is 0 Å². The molecule has 0 aromatic carbocycles. The highest BCUT2D eigenvalue weighted by molar-refractivity contribution is 5.95. The number of piperidine rings is 1. The van der Waals surface area contributed by atoms with E-state index in [1.807, 2.05) is 28.9 Å². The molecule has 6 heteroatoms. The van der Waals surface area contributed by atoms with Crippen molar-refractivity contribution in [3.8, 4) is 0 Å². The molecule has 2 unspecified atom stereocenters. The Kier molecular flexibility index (Phi) is 4.41. The minimum absolute atomic E-state index is 0.0189. The van der Waals surface area contributed by atoms with Gasteiger partial charge in [-0.1, -0.05) is 0 Å². The molecule has 3 fully saturated rings. The summed E-state index contributed by atoms with van der Waals surface area (Å²) in [6, 6.07) is 7.26. The first kappa shape index (κ1) is 16.7. The minimum Gasteiger partial charge on any atom is -0.336 e. The molecule has 0 aliphatic carbocycles. The summed E-state index contributed by atoms with van der Waals surface area (Å²) in [5, 5.41) is 0. The van der Waals surface area contributed by atoms with Gasteiger partial charge in [0.25, 0.3) is 11.8 Å². The third-order valence-corrected chi connectivity index (χ3v) is 5.35. The largest absolute Gasteiger partial charge is 0.336 e. The Morgan fingerprint density at radius 2 is 1.77 bits per heavy atom. The van der Waals surface area contributed by atoms with Gasteiger partial charge in [-0.3, -0.25) is 19.6 Å². The van der Waals surface area contributed by atoms with Gasteiger partial charge in [0.05, 0.1) is 5.56 Å². The van der Waals surface area contributed by atoms with Crippen LogP contribution in [0.1, 0.15) is 39.3 Å². The fourth-order valence-electron chi connectivity index (χ4n) is 3.93. The Morgan fingerprint density at radius 3 is 2.50 bits per heavy atom. The second-order valence-electron chi connectivity index (χ2n) is 7.19. The summed E-state index contributed by atoms with van der Waals surface area (Å²) >= 11 is 0. The molecule has 2 atom stereocenters. The van der Waals surface area contributed by atoms with Crippen LogP contribution in [0.5, 0.6) is 0 Å². The Hall–Kier alpha value is -2.76. The zero-order chi connectivity index (χ0) is 18.1. The standard InChI is InChI=1S/C20H22N4O2/c1-14-2-4-17(10-22-14)20(26)24-12-15-3-5-18(24)13-23(11-15)19(25)16-6-8-21-9-7-16/h2,4,6-10,15,18H,3,5,11-13H2,1H3. The predicted molar refractivity (Wildman–Crippen MR) is 96.7 cm³/mol. The van der Waals surface area contributed by atoms with Crippen molar-refractivity contribution in [1.82, 2.24) is 19.8 Å². The third-order valence-electron chi connectivity index (χ3n) is 5.35. The summed E-state index contributed by atoms with van der Waals surface area (Å²) in [6.45, 7) is 3.90. The van der Waals surface area contributed by atoms with Crippen LogP contribution < -0.4 is 0 Å². The molecule has 3 aliphatic rings. The van der Waals surface area contributed by atoms with Crippen molar-refractivity contribution in [2.45, 2.75) is 25.8 Å². The zero-order valence-corrected chi connectivity index (χ0v) is 14.8. The van der Waals surface area contributed by atoms with E-state index in [9.17, 15) is 9.59 Å². The lowest BCUT2D eigenvalue weighted by molar-refractivity contribution is 0.0574. The van der Waals surface area contributed by atoms with Crippen LogP contribution in [0.2, 0.25) is 0 Å². The number of nitrogens with zero attached hydrogens (tertiary/aromatic N) is 4. The first-order chi connectivity index (χ1) is 12.6. The number of hydrogen-bond acceptors (Lipinski definition) is 4. The molecule has 2 aromatic rings. The maximum absolute atomic E-state index is 13.0. The maximum atomic E-state index is 13.0. The molecule has 6 nitrogen and oxygen atoms in total. The van der Waals surface area contributed by atoms with Crippen LogP contribution in [-0.2, 0) is 0 Å². The number of aromatic nitrogens is 2. The van der Waals surface area contributed by atoms with Crippen molar-refractivity contribution in [3.05, 3.63) is 59.7 Å². The van der Waals surface area contributed by atoms with E-state index in [0.29, 0.717) is 36.7 Å². The first-order valence-corrected chi connectivity index (χ1v) is 9.05. The van der Waals surface area contributed by atoms with Crippen LogP contribution >= 0.6 is 0 Å². The predicted octanol–water partition coefficient (Wildman–Crippen LogP) is 2.16. The molecule has 2 amide bonds. The van der Waals surface area contributed by atoms with Crippen LogP contribution in [-0.4, -0.2) is 57.3 Å². The van der Waals surface area contributed by atoms with E-state index in [0.717, 1.165) is 18.5 Å². The maximum Gasteiger partial charge on any atom is 0.255 e. The second-order valence-corrected chi connectivity index (χ2v) is 7.19. The lowest BCUT2D eigenvalue weighted by atomic mass is 9.94. The molecule has 5 rings (SSSR count). The molecular weight excluding hydrogens is 328 g/mol. The number of aryl methyl sites for hydroxylation is 1. The molecule has 0 N–H and O–H groups in total. The average Bonchev–Trinajstić information content (AvgIpc) is 3.00. The highest BCUT2D eigenvalue weighted by Crippen LogP contribution is 2.30. The lowest BCUT2D eigenvalue weighted by Crippen LogP contribution is -2.47. The van der Waals surface area contributed by atoms with E-state index >= 15 is 0 Å². The van der Waals surface area contributed by atoms with Gasteiger partial charge in [-0.2, -0.15) is 0 Å². The number of rotatable bonds is 2. The second kappa shape index (κ2) is 6.86. The fourth-order valence-corrected chi connectivity index (χ4v) is 3.93. The fraction of sp³-hybridized carbons (Fsp3) is 0.400. The SMILES string of the molecule is Cc1ccc(C(=O)N2CC3CCC2CN(C(=O)c2ccncc2)C3)cn1. The number of hydrogen-bond donors (Lipinski definition) is 0. The smallest absolute Gasteiger partial charge is 0.255 e. The molecule has 26 heavy (non-hydrogen) atoms. The summed E-state index contributed by atoms with van der Waals surface area (Å²) in [6.07, 6.45) is 6.92. The van der Waals surface area contributed by atoms with Crippen molar-refractivity contribution >= 4 is 11.8 Å². The molecule has 2 aromatic heterocycles. The number of pyridine rings is 2. The summed E-state index contributed by atoms with van der Waals surface area (Å²) in [5.74, 6) is 0.364. The Labute approximate surface area is 152 Å². The highest BCUT2D eigenvalue weighted by atomic mass is 16.2. The molecule has 5 heterocycles. The molecule has 3 aliphatic heterocycles. The summed E-state index contributed by atoms with van der Waals surface area (Å²) < 4.78 is 0. The van der Waals surface area contributed by atoms with E-state index in [4.69, 9.17) is 0 Å². The average molecular weight is 350 g/mol. The van der Waals surface area contributed by atoms with Gasteiger partial charge in [0.1, 0.15) is 0 Å². The van der Waals surface area contributed by atoms with Crippen LogP contribution in [0.25, 0.3) is 0 Å². The molecule has 134 valence electrons. The Morgan fingerprint density at radius 1 is 0.962 bits per heavy atom. The van der Waals surface area contributed by atoms with Gasteiger partial charge in [-0.05, 0) is 49.9 Å². The van der Waals surface area contributed by atoms with Crippen molar-refractivity contribution in [2.24, 2.45) is 5.92 Å². The van der Waals surface area contributed by atoms with E-state index in [1.165, 1.54) is 0 Å². The molecular formula is C20H22N4O2. The lowest BCUT2D eigenvalue weighted by Gasteiger charge is -2.36. The highest BCUT2D eigenvalue weighted by Gasteiger charge is 2.39. The number of amides is 2. The monoisotopic (exact) mass is 350 g/mol. The Bertz CT molecular complexity index is 806. The number of carbonyl (C=O) groups is 2. The van der Waals surface area contributed by atoms with Gasteiger partial charge in [0, 0.05) is 55.5 Å². The number of carbonyl (C=O) groups excluding carboxylic acids is 2. The minimum atomic E-state index is 0.0189. The van der Waals surface area contributed by atoms with E-state index in [1.54, 1.807) is 30.7 Å². The van der Waals surface area contributed by atoms with Gasteiger partial charge < -0.3 is 9.80 Å². The molecule has 2 bridgehead atoms. The molecule has 0 spiro atoms. The van der Waals surface area contributed by atoms with E-state index in [-0.39, 0.29) is 17.9 Å². The van der Waals surface area contributed by atoms with E-state index in [2.05, 4.69) is 9.97 Å². The van der Waals surface area contributed by atoms with Gasteiger partial charge in [0.15, 0.2) is 0 Å². The van der Waals surface area contributed by atoms with Crippen molar-refractivity contribution in [1.29, 1.82) is 0 Å². The zero-order valence-electron chi connectivity index (χ0n) is 14.8. The third kappa shape index (κ3) is 3.19. The van der Waals surface area contributed by atoms with Crippen molar-refractivity contribution in [3.63, 3.8) is 0 Å². The molecule has 0 radical (unpaired) electrons. The van der Waals surface area contributed by atoms with Crippen LogP contribution in [0.3, 0.4) is 0 Å².